The van der Waals surface area contributed by atoms with Crippen LogP contribution in [0.5, 0.6) is 0 Å². The highest BCUT2D eigenvalue weighted by Crippen LogP contribution is 2.18. The van der Waals surface area contributed by atoms with Gasteiger partial charge < -0.3 is 10.1 Å². The third-order valence-electron chi connectivity index (χ3n) is 1.94. The Bertz CT molecular complexity index is 493. The van der Waals surface area contributed by atoms with Gasteiger partial charge in [-0.1, -0.05) is 28.1 Å². The number of para-hydroxylation sites is 1. The summed E-state index contributed by atoms with van der Waals surface area (Å²) in [6.07, 6.45) is 0. The maximum absolute atomic E-state index is 10.7. The number of H-pyrrole nitrogens is 1. The average Bonchev–Trinajstić information content (AvgIpc) is 2.60. The summed E-state index contributed by atoms with van der Waals surface area (Å²) in [5, 5.41) is 9.40. The maximum atomic E-state index is 10.7. The number of halogens is 1. The topological polar surface area (TPSA) is 66.0 Å². The van der Waals surface area contributed by atoms with Crippen molar-refractivity contribution in [3.63, 3.8) is 0 Å². The largest absolute Gasteiger partial charge is 0.475 e. The summed E-state index contributed by atoms with van der Waals surface area (Å²) in [5.41, 5.74) is 2.44. The standard InChI is InChI=1S/C9H7BrN2O2/c10-4-5-2-1-3-6-7(5)12-8(11-6)9(13)14/h1-3H,4H2,(H,11,12)(H,13,14). The van der Waals surface area contributed by atoms with Crippen LogP contribution in [0, 0.1) is 0 Å². The van der Waals surface area contributed by atoms with Gasteiger partial charge in [-0.15, -0.1) is 0 Å². The number of carbonyl (C=O) groups is 1. The minimum absolute atomic E-state index is 0.0200. The molecule has 14 heavy (non-hydrogen) atoms. The molecule has 2 N–H and O–H groups in total. The average molecular weight is 255 g/mol. The minimum atomic E-state index is -1.04. The zero-order chi connectivity index (χ0) is 10.1. The molecule has 0 spiro atoms. The molecule has 0 amide bonds. The molecule has 0 atom stereocenters. The molecule has 1 aromatic heterocycles. The molecular weight excluding hydrogens is 248 g/mol. The third kappa shape index (κ3) is 1.39. The van der Waals surface area contributed by atoms with E-state index in [1.165, 1.54) is 0 Å². The molecular formula is C9H7BrN2O2. The summed E-state index contributed by atoms with van der Waals surface area (Å²) in [6.45, 7) is 0. The normalized spacial score (nSPS) is 10.6. The first-order chi connectivity index (χ1) is 6.72. The van der Waals surface area contributed by atoms with E-state index in [1.807, 2.05) is 12.1 Å². The number of rotatable bonds is 2. The number of imidazole rings is 1. The van der Waals surface area contributed by atoms with Crippen LogP contribution < -0.4 is 0 Å². The van der Waals surface area contributed by atoms with Crippen LogP contribution in [0.15, 0.2) is 18.2 Å². The lowest BCUT2D eigenvalue weighted by molar-refractivity contribution is 0.0685. The summed E-state index contributed by atoms with van der Waals surface area (Å²) < 4.78 is 0. The number of benzene rings is 1. The second-order valence-corrected chi connectivity index (χ2v) is 3.40. The van der Waals surface area contributed by atoms with Gasteiger partial charge in [0.25, 0.3) is 0 Å². The van der Waals surface area contributed by atoms with Gasteiger partial charge in [0.05, 0.1) is 11.0 Å². The molecule has 0 saturated carbocycles. The first kappa shape index (κ1) is 9.21. The number of carboxylic acid groups (broad SMARTS) is 1. The fraction of sp³-hybridized carbons (Fsp3) is 0.111. The highest BCUT2D eigenvalue weighted by molar-refractivity contribution is 9.08. The van der Waals surface area contributed by atoms with Crippen molar-refractivity contribution in [3.05, 3.63) is 29.6 Å². The molecule has 2 aromatic rings. The minimum Gasteiger partial charge on any atom is -0.475 e. The van der Waals surface area contributed by atoms with Crippen molar-refractivity contribution in [1.82, 2.24) is 9.97 Å². The molecule has 0 unspecified atom stereocenters. The van der Waals surface area contributed by atoms with Gasteiger partial charge in [0, 0.05) is 5.33 Å². The number of aromatic carboxylic acids is 1. The lowest BCUT2D eigenvalue weighted by atomic mass is 10.2. The van der Waals surface area contributed by atoms with Crippen LogP contribution in [-0.2, 0) is 5.33 Å². The molecule has 4 nitrogen and oxygen atoms in total. The number of alkyl halides is 1. The smallest absolute Gasteiger partial charge is 0.371 e. The summed E-state index contributed by atoms with van der Waals surface area (Å²) >= 11 is 3.32. The monoisotopic (exact) mass is 254 g/mol. The van der Waals surface area contributed by atoms with Crippen LogP contribution in [0.4, 0.5) is 0 Å². The Morgan fingerprint density at radius 1 is 1.57 bits per heavy atom. The van der Waals surface area contributed by atoms with Gasteiger partial charge in [0.2, 0.25) is 5.82 Å². The van der Waals surface area contributed by atoms with Crippen molar-refractivity contribution in [1.29, 1.82) is 0 Å². The zero-order valence-corrected chi connectivity index (χ0v) is 8.71. The van der Waals surface area contributed by atoms with Gasteiger partial charge in [0.15, 0.2) is 0 Å². The van der Waals surface area contributed by atoms with E-state index < -0.39 is 5.97 Å². The zero-order valence-electron chi connectivity index (χ0n) is 7.12. The molecule has 0 radical (unpaired) electrons. The van der Waals surface area contributed by atoms with E-state index in [2.05, 4.69) is 25.9 Å². The van der Waals surface area contributed by atoms with Gasteiger partial charge in [-0.05, 0) is 11.6 Å². The number of fused-ring (bicyclic) bond motifs is 1. The van der Waals surface area contributed by atoms with Crippen LogP contribution in [0.1, 0.15) is 16.2 Å². The molecule has 5 heteroatoms. The molecule has 1 heterocycles. The molecule has 0 aliphatic rings. The fourth-order valence-corrected chi connectivity index (χ4v) is 1.75. The summed E-state index contributed by atoms with van der Waals surface area (Å²) in [7, 11) is 0. The van der Waals surface area contributed by atoms with E-state index in [-0.39, 0.29) is 5.82 Å². The van der Waals surface area contributed by atoms with Crippen molar-refractivity contribution >= 4 is 32.9 Å². The summed E-state index contributed by atoms with van der Waals surface area (Å²) in [5.74, 6) is -1.06. The van der Waals surface area contributed by atoms with Crippen molar-refractivity contribution in [2.75, 3.05) is 0 Å². The Kier molecular flexibility index (Phi) is 2.25. The molecule has 0 aliphatic carbocycles. The maximum Gasteiger partial charge on any atom is 0.371 e. The van der Waals surface area contributed by atoms with E-state index in [0.29, 0.717) is 10.8 Å². The Hall–Kier alpha value is -1.36. The number of hydrogen-bond donors (Lipinski definition) is 2. The quantitative estimate of drug-likeness (QED) is 0.808. The number of aromatic nitrogens is 2. The Morgan fingerprint density at radius 2 is 2.36 bits per heavy atom. The van der Waals surface area contributed by atoms with E-state index in [1.54, 1.807) is 6.07 Å². The van der Waals surface area contributed by atoms with Crippen LogP contribution in [0.2, 0.25) is 0 Å². The SMILES string of the molecule is O=C(O)c1nc2c(CBr)cccc2[nH]1. The van der Waals surface area contributed by atoms with E-state index in [4.69, 9.17) is 5.11 Å². The van der Waals surface area contributed by atoms with E-state index in [0.717, 1.165) is 11.1 Å². The lowest BCUT2D eigenvalue weighted by Gasteiger charge is -1.94. The van der Waals surface area contributed by atoms with E-state index >= 15 is 0 Å². The van der Waals surface area contributed by atoms with Gasteiger partial charge in [-0.3, -0.25) is 0 Å². The van der Waals surface area contributed by atoms with Gasteiger partial charge in [-0.25, -0.2) is 9.78 Å². The van der Waals surface area contributed by atoms with Gasteiger partial charge in [-0.2, -0.15) is 0 Å². The first-order valence-electron chi connectivity index (χ1n) is 3.99. The van der Waals surface area contributed by atoms with Crippen LogP contribution in [-0.4, -0.2) is 21.0 Å². The highest BCUT2D eigenvalue weighted by Gasteiger charge is 2.10. The molecule has 0 aliphatic heterocycles. The highest BCUT2D eigenvalue weighted by atomic mass is 79.9. The molecule has 0 bridgehead atoms. The van der Waals surface area contributed by atoms with Crippen LogP contribution in [0.25, 0.3) is 11.0 Å². The molecule has 72 valence electrons. The van der Waals surface area contributed by atoms with Crippen molar-refractivity contribution < 1.29 is 9.90 Å². The molecule has 1 aromatic carbocycles. The number of carboxylic acids is 1. The second kappa shape index (κ2) is 3.42. The number of nitrogens with one attached hydrogen (secondary N) is 1. The second-order valence-electron chi connectivity index (χ2n) is 2.84. The molecule has 0 fully saturated rings. The van der Waals surface area contributed by atoms with Gasteiger partial charge in [0.1, 0.15) is 0 Å². The van der Waals surface area contributed by atoms with Crippen LogP contribution >= 0.6 is 15.9 Å². The van der Waals surface area contributed by atoms with E-state index in [9.17, 15) is 4.79 Å². The lowest BCUT2D eigenvalue weighted by Crippen LogP contribution is -1.97. The van der Waals surface area contributed by atoms with Crippen LogP contribution in [0.3, 0.4) is 0 Å². The predicted octanol–water partition coefficient (Wildman–Crippen LogP) is 2.16. The number of aromatic amines is 1. The van der Waals surface area contributed by atoms with Crippen molar-refractivity contribution in [3.8, 4) is 0 Å². The Labute approximate surface area is 88.1 Å². The van der Waals surface area contributed by atoms with Crippen molar-refractivity contribution in [2.45, 2.75) is 5.33 Å². The number of hydrogen-bond acceptors (Lipinski definition) is 2. The Balaban J connectivity index is 2.70. The molecule has 2 rings (SSSR count). The number of nitrogens with zero attached hydrogens (tertiary/aromatic N) is 1. The Morgan fingerprint density at radius 3 is 3.00 bits per heavy atom. The van der Waals surface area contributed by atoms with Crippen molar-refractivity contribution in [2.24, 2.45) is 0 Å². The van der Waals surface area contributed by atoms with Gasteiger partial charge >= 0.3 is 5.97 Å². The fourth-order valence-electron chi connectivity index (χ4n) is 1.30. The summed E-state index contributed by atoms with van der Waals surface area (Å²) in [6, 6.07) is 5.58. The predicted molar refractivity (Wildman–Crippen MR) is 55.7 cm³/mol. The molecule has 0 saturated heterocycles. The summed E-state index contributed by atoms with van der Waals surface area (Å²) in [4.78, 5) is 17.4. The third-order valence-corrected chi connectivity index (χ3v) is 2.55. The first-order valence-corrected chi connectivity index (χ1v) is 5.11.